The minimum absolute atomic E-state index is 0.0192. The number of urea groups is 1. The van der Waals surface area contributed by atoms with Crippen molar-refractivity contribution in [2.45, 2.75) is 76.8 Å². The standard InChI is InChI=1S/C24H35N3O3/c1-2-30-23(28)11-10-22-17-26(20-6-4-3-5-7-20)24(29)27(22)21-9-8-18-12-14-25-15-13-19(18)16-21/h8-9,16,20,22,25H,2-7,10-15,17H2,1H3. The third-order valence-electron chi connectivity index (χ3n) is 6.84. The molecule has 1 atom stereocenters. The maximum absolute atomic E-state index is 13.5. The molecule has 1 aliphatic carbocycles. The second kappa shape index (κ2) is 9.82. The Bertz CT molecular complexity index is 760. The van der Waals surface area contributed by atoms with Crippen LogP contribution in [-0.4, -0.2) is 55.2 Å². The molecule has 0 radical (unpaired) electrons. The third kappa shape index (κ3) is 4.64. The van der Waals surface area contributed by atoms with E-state index in [1.54, 1.807) is 0 Å². The summed E-state index contributed by atoms with van der Waals surface area (Å²) in [5.41, 5.74) is 3.70. The van der Waals surface area contributed by atoms with E-state index in [9.17, 15) is 9.59 Å². The zero-order valence-corrected chi connectivity index (χ0v) is 18.2. The molecule has 6 nitrogen and oxygen atoms in total. The van der Waals surface area contributed by atoms with E-state index in [-0.39, 0.29) is 18.0 Å². The number of amides is 2. The average molecular weight is 414 g/mol. The maximum atomic E-state index is 13.5. The van der Waals surface area contributed by atoms with Crippen molar-refractivity contribution in [1.82, 2.24) is 10.2 Å². The Morgan fingerprint density at radius 3 is 2.67 bits per heavy atom. The summed E-state index contributed by atoms with van der Waals surface area (Å²) in [4.78, 5) is 29.6. The second-order valence-electron chi connectivity index (χ2n) is 8.80. The molecule has 1 saturated heterocycles. The molecule has 1 aromatic rings. The average Bonchev–Trinajstić information content (AvgIpc) is 2.93. The van der Waals surface area contributed by atoms with Crippen LogP contribution in [0.1, 0.15) is 63.0 Å². The fourth-order valence-corrected chi connectivity index (χ4v) is 5.25. The molecule has 1 aromatic carbocycles. The number of nitrogens with zero attached hydrogens (tertiary/aromatic N) is 2. The van der Waals surface area contributed by atoms with Crippen LogP contribution < -0.4 is 10.2 Å². The number of rotatable bonds is 6. The Morgan fingerprint density at radius 1 is 1.13 bits per heavy atom. The van der Waals surface area contributed by atoms with Crippen LogP contribution >= 0.6 is 0 Å². The number of carbonyl (C=O) groups is 2. The van der Waals surface area contributed by atoms with E-state index >= 15 is 0 Å². The lowest BCUT2D eigenvalue weighted by Crippen LogP contribution is -2.40. The summed E-state index contributed by atoms with van der Waals surface area (Å²) in [6.07, 6.45) is 8.90. The predicted octanol–water partition coefficient (Wildman–Crippen LogP) is 3.66. The van der Waals surface area contributed by atoms with Crippen LogP contribution in [-0.2, 0) is 22.4 Å². The summed E-state index contributed by atoms with van der Waals surface area (Å²) in [5, 5.41) is 3.46. The van der Waals surface area contributed by atoms with Gasteiger partial charge >= 0.3 is 12.0 Å². The number of hydrogen-bond acceptors (Lipinski definition) is 4. The molecule has 30 heavy (non-hydrogen) atoms. The van der Waals surface area contributed by atoms with Gasteiger partial charge in [0, 0.05) is 24.7 Å². The zero-order chi connectivity index (χ0) is 20.9. The van der Waals surface area contributed by atoms with E-state index in [1.165, 1.54) is 30.4 Å². The number of benzene rings is 1. The molecule has 1 unspecified atom stereocenters. The molecule has 4 rings (SSSR count). The van der Waals surface area contributed by atoms with E-state index in [1.807, 2.05) is 11.8 Å². The van der Waals surface area contributed by atoms with Crippen molar-refractivity contribution in [2.24, 2.45) is 0 Å². The van der Waals surface area contributed by atoms with Gasteiger partial charge < -0.3 is 15.0 Å². The Labute approximate surface area is 179 Å². The first-order chi connectivity index (χ1) is 14.7. The lowest BCUT2D eigenvalue weighted by Gasteiger charge is -2.30. The molecule has 1 N–H and O–H groups in total. The molecule has 6 heteroatoms. The van der Waals surface area contributed by atoms with Gasteiger partial charge in [-0.25, -0.2) is 4.79 Å². The van der Waals surface area contributed by atoms with Gasteiger partial charge in [-0.2, -0.15) is 0 Å². The smallest absolute Gasteiger partial charge is 0.325 e. The quantitative estimate of drug-likeness (QED) is 0.723. The monoisotopic (exact) mass is 413 g/mol. The summed E-state index contributed by atoms with van der Waals surface area (Å²) >= 11 is 0. The van der Waals surface area contributed by atoms with Crippen molar-refractivity contribution in [1.29, 1.82) is 0 Å². The van der Waals surface area contributed by atoms with Crippen LogP contribution in [0.15, 0.2) is 18.2 Å². The zero-order valence-electron chi connectivity index (χ0n) is 18.2. The van der Waals surface area contributed by atoms with Gasteiger partial charge in [0.1, 0.15) is 0 Å². The highest BCUT2D eigenvalue weighted by atomic mass is 16.5. The predicted molar refractivity (Wildman–Crippen MR) is 118 cm³/mol. The number of esters is 1. The van der Waals surface area contributed by atoms with Gasteiger partial charge in [0.15, 0.2) is 0 Å². The van der Waals surface area contributed by atoms with E-state index in [0.717, 1.165) is 44.5 Å². The Balaban J connectivity index is 1.57. The summed E-state index contributed by atoms with van der Waals surface area (Å²) in [6, 6.07) is 6.97. The van der Waals surface area contributed by atoms with Crippen molar-refractivity contribution < 1.29 is 14.3 Å². The van der Waals surface area contributed by atoms with Crippen LogP contribution in [0.3, 0.4) is 0 Å². The fourth-order valence-electron chi connectivity index (χ4n) is 5.25. The molecule has 0 spiro atoms. The highest BCUT2D eigenvalue weighted by Crippen LogP contribution is 2.34. The van der Waals surface area contributed by atoms with Gasteiger partial charge in [-0.05, 0) is 75.4 Å². The first-order valence-electron chi connectivity index (χ1n) is 11.8. The SMILES string of the molecule is CCOC(=O)CCC1CN(C2CCCCC2)C(=O)N1c1ccc2c(c1)CCNCC2. The van der Waals surface area contributed by atoms with Crippen LogP contribution in [0.25, 0.3) is 0 Å². The van der Waals surface area contributed by atoms with Crippen molar-refractivity contribution in [3.8, 4) is 0 Å². The normalized spacial score (nSPS) is 22.7. The number of nitrogens with one attached hydrogen (secondary N) is 1. The summed E-state index contributed by atoms with van der Waals surface area (Å²) < 4.78 is 5.14. The van der Waals surface area contributed by atoms with Gasteiger partial charge in [0.25, 0.3) is 0 Å². The van der Waals surface area contributed by atoms with Crippen LogP contribution in [0.5, 0.6) is 0 Å². The second-order valence-corrected chi connectivity index (χ2v) is 8.80. The number of ether oxygens (including phenoxy) is 1. The number of hydrogen-bond donors (Lipinski definition) is 1. The van der Waals surface area contributed by atoms with E-state index < -0.39 is 0 Å². The van der Waals surface area contributed by atoms with E-state index in [2.05, 4.69) is 28.4 Å². The first-order valence-corrected chi connectivity index (χ1v) is 11.8. The highest BCUT2D eigenvalue weighted by Gasteiger charge is 2.41. The van der Waals surface area contributed by atoms with Gasteiger partial charge in [-0.1, -0.05) is 25.3 Å². The van der Waals surface area contributed by atoms with Crippen molar-refractivity contribution in [3.05, 3.63) is 29.3 Å². The van der Waals surface area contributed by atoms with Crippen LogP contribution in [0.2, 0.25) is 0 Å². The molecule has 2 heterocycles. The van der Waals surface area contributed by atoms with Crippen molar-refractivity contribution in [3.63, 3.8) is 0 Å². The Morgan fingerprint density at radius 2 is 1.90 bits per heavy atom. The molecule has 1 saturated carbocycles. The molecular weight excluding hydrogens is 378 g/mol. The topological polar surface area (TPSA) is 61.9 Å². The molecule has 0 aromatic heterocycles. The lowest BCUT2D eigenvalue weighted by molar-refractivity contribution is -0.143. The molecule has 2 amide bonds. The largest absolute Gasteiger partial charge is 0.466 e. The molecule has 2 fully saturated rings. The summed E-state index contributed by atoms with van der Waals surface area (Å²) in [7, 11) is 0. The fraction of sp³-hybridized carbons (Fsp3) is 0.667. The Kier molecular flexibility index (Phi) is 6.93. The minimum Gasteiger partial charge on any atom is -0.466 e. The highest BCUT2D eigenvalue weighted by molar-refractivity contribution is 5.95. The van der Waals surface area contributed by atoms with Crippen LogP contribution in [0, 0.1) is 0 Å². The maximum Gasteiger partial charge on any atom is 0.325 e. The number of fused-ring (bicyclic) bond motifs is 1. The van der Waals surface area contributed by atoms with Gasteiger partial charge in [-0.3, -0.25) is 9.69 Å². The van der Waals surface area contributed by atoms with E-state index in [0.29, 0.717) is 32.0 Å². The lowest BCUT2D eigenvalue weighted by atomic mass is 9.94. The molecule has 164 valence electrons. The van der Waals surface area contributed by atoms with Gasteiger partial charge in [0.05, 0.1) is 12.6 Å². The van der Waals surface area contributed by atoms with Crippen molar-refractivity contribution in [2.75, 3.05) is 31.1 Å². The molecule has 3 aliphatic rings. The first kappa shape index (κ1) is 21.2. The Hall–Kier alpha value is -2.08. The minimum atomic E-state index is -0.172. The molecule has 0 bridgehead atoms. The summed E-state index contributed by atoms with van der Waals surface area (Å²) in [6.45, 7) is 4.93. The van der Waals surface area contributed by atoms with E-state index in [4.69, 9.17) is 4.74 Å². The number of anilines is 1. The molecule has 2 aliphatic heterocycles. The third-order valence-corrected chi connectivity index (χ3v) is 6.84. The molecular formula is C24H35N3O3. The summed E-state index contributed by atoms with van der Waals surface area (Å²) in [5.74, 6) is -0.172. The van der Waals surface area contributed by atoms with Crippen LogP contribution in [0.4, 0.5) is 10.5 Å². The van der Waals surface area contributed by atoms with Gasteiger partial charge in [-0.15, -0.1) is 0 Å². The van der Waals surface area contributed by atoms with Gasteiger partial charge in [0.2, 0.25) is 0 Å². The number of carbonyl (C=O) groups excluding carboxylic acids is 2. The van der Waals surface area contributed by atoms with Crippen molar-refractivity contribution >= 4 is 17.7 Å².